The van der Waals surface area contributed by atoms with Crippen LogP contribution in [0.1, 0.15) is 17.3 Å². The summed E-state index contributed by atoms with van der Waals surface area (Å²) in [5, 5.41) is 13.7. The molecule has 0 unspecified atom stereocenters. The first kappa shape index (κ1) is 25.0. The van der Waals surface area contributed by atoms with Crippen molar-refractivity contribution in [2.24, 2.45) is 0 Å². The number of carboxylic acids is 1. The Kier molecular flexibility index (Phi) is 10.1. The Bertz CT molecular complexity index is 872. The van der Waals surface area contributed by atoms with Gasteiger partial charge in [0.05, 0.1) is 18.3 Å². The summed E-state index contributed by atoms with van der Waals surface area (Å²) in [7, 11) is 0. The van der Waals surface area contributed by atoms with Crippen molar-refractivity contribution in [2.45, 2.75) is 6.92 Å². The average molecular weight is 435 g/mol. The molecule has 1 saturated heterocycles. The van der Waals surface area contributed by atoms with Gasteiger partial charge in [0.15, 0.2) is 0 Å². The minimum Gasteiger partial charge on any atom is -0.545 e. The first-order valence-corrected chi connectivity index (χ1v) is 10.0. The van der Waals surface area contributed by atoms with Crippen molar-refractivity contribution in [1.82, 2.24) is 4.90 Å². The first-order valence-electron chi connectivity index (χ1n) is 10.0. The summed E-state index contributed by atoms with van der Waals surface area (Å²) in [6.07, 6.45) is -0.514. The molecule has 160 valence electrons. The number of nitrogens with zero attached hydrogens (tertiary/aromatic N) is 2. The second-order valence-corrected chi connectivity index (χ2v) is 6.86. The van der Waals surface area contributed by atoms with E-state index in [1.807, 2.05) is 25.1 Å². The first-order chi connectivity index (χ1) is 14.6. The molecule has 2 aromatic carbocycles. The summed E-state index contributed by atoms with van der Waals surface area (Å²) in [5.41, 5.74) is 1.64. The van der Waals surface area contributed by atoms with Gasteiger partial charge in [-0.3, -0.25) is 10.2 Å². The fourth-order valence-corrected chi connectivity index (χ4v) is 3.32. The van der Waals surface area contributed by atoms with Gasteiger partial charge >= 0.3 is 35.7 Å². The van der Waals surface area contributed by atoms with Crippen molar-refractivity contribution in [1.29, 1.82) is 0 Å². The van der Waals surface area contributed by atoms with Crippen molar-refractivity contribution in [3.05, 3.63) is 54.1 Å². The van der Waals surface area contributed by atoms with Crippen LogP contribution < -0.4 is 49.6 Å². The van der Waals surface area contributed by atoms with Crippen LogP contribution >= 0.6 is 0 Å². The van der Waals surface area contributed by atoms with Crippen LogP contribution in [-0.2, 0) is 4.74 Å². The topological polar surface area (TPSA) is 94.2 Å². The Balaban J connectivity index is 0.00000341. The summed E-state index contributed by atoms with van der Waals surface area (Å²) in [4.78, 5) is 27.5. The number of anilines is 2. The molecule has 0 aromatic heterocycles. The van der Waals surface area contributed by atoms with Gasteiger partial charge in [0, 0.05) is 38.4 Å². The van der Waals surface area contributed by atoms with Gasteiger partial charge in [0.25, 0.3) is 0 Å². The standard InChI is InChI=1S/C22H27N3O5.Na/c1-2-29-20-9-4-3-8-19(20)23-22(28)30-15-14-24-10-12-25(13-11-24)18-7-5-6-17(16-18)21(26)27;/h3-9,16H,2,10-15H2,1H3,(H,23,28)(H,26,27);/q;+1/p-1. The number of hydrogen-bond donors (Lipinski definition) is 1. The van der Waals surface area contributed by atoms with E-state index in [2.05, 4.69) is 15.1 Å². The van der Waals surface area contributed by atoms with Gasteiger partial charge in [-0.2, -0.15) is 0 Å². The Morgan fingerprint density at radius 2 is 1.81 bits per heavy atom. The molecule has 0 spiro atoms. The molecule has 3 rings (SSSR count). The third-order valence-electron chi connectivity index (χ3n) is 4.88. The van der Waals surface area contributed by atoms with Gasteiger partial charge in [-0.25, -0.2) is 4.79 Å². The minimum atomic E-state index is -1.17. The molecule has 1 N–H and O–H groups in total. The average Bonchev–Trinajstić information content (AvgIpc) is 2.76. The van der Waals surface area contributed by atoms with Crippen molar-refractivity contribution in [2.75, 3.05) is 56.2 Å². The maximum absolute atomic E-state index is 12.1. The number of carboxylic acid groups (broad SMARTS) is 1. The van der Waals surface area contributed by atoms with E-state index in [0.717, 1.165) is 31.9 Å². The molecule has 0 bridgehead atoms. The zero-order valence-electron chi connectivity index (χ0n) is 18.0. The van der Waals surface area contributed by atoms with Crippen molar-refractivity contribution in [3.63, 3.8) is 0 Å². The van der Waals surface area contributed by atoms with E-state index in [-0.39, 0.29) is 41.7 Å². The van der Waals surface area contributed by atoms with Gasteiger partial charge in [0.2, 0.25) is 0 Å². The fourth-order valence-electron chi connectivity index (χ4n) is 3.32. The summed E-state index contributed by atoms with van der Waals surface area (Å²) in [5.74, 6) is -0.564. The predicted octanol–water partition coefficient (Wildman–Crippen LogP) is -1.18. The van der Waals surface area contributed by atoms with Gasteiger partial charge in [-0.15, -0.1) is 0 Å². The number of benzene rings is 2. The molecule has 0 radical (unpaired) electrons. The molecule has 1 amide bonds. The Morgan fingerprint density at radius 1 is 1.06 bits per heavy atom. The quantitative estimate of drug-likeness (QED) is 0.522. The maximum atomic E-state index is 12.1. The summed E-state index contributed by atoms with van der Waals surface area (Å²) in [6, 6.07) is 14.0. The monoisotopic (exact) mass is 435 g/mol. The number of nitrogens with one attached hydrogen (secondary N) is 1. The molecular formula is C22H26N3NaO5. The number of aromatic carboxylic acids is 1. The van der Waals surface area contributed by atoms with Crippen LogP contribution in [0.5, 0.6) is 5.75 Å². The van der Waals surface area contributed by atoms with E-state index in [1.165, 1.54) is 6.07 Å². The maximum Gasteiger partial charge on any atom is 1.00 e. The second-order valence-electron chi connectivity index (χ2n) is 6.86. The molecule has 1 aliphatic rings. The normalized spacial score (nSPS) is 13.8. The van der Waals surface area contributed by atoms with Crippen LogP contribution in [0.4, 0.5) is 16.2 Å². The molecule has 2 aromatic rings. The van der Waals surface area contributed by atoms with E-state index < -0.39 is 12.1 Å². The molecule has 8 nitrogen and oxygen atoms in total. The van der Waals surface area contributed by atoms with Crippen LogP contribution in [0.2, 0.25) is 0 Å². The zero-order chi connectivity index (χ0) is 21.3. The Hall–Kier alpha value is -2.26. The van der Waals surface area contributed by atoms with E-state index in [0.29, 0.717) is 24.6 Å². The van der Waals surface area contributed by atoms with Crippen molar-refractivity contribution < 1.29 is 53.7 Å². The molecule has 1 heterocycles. The summed E-state index contributed by atoms with van der Waals surface area (Å²) in [6.45, 7) is 6.44. The third kappa shape index (κ3) is 7.43. The number of carbonyl (C=O) groups is 2. The molecule has 0 saturated carbocycles. The summed E-state index contributed by atoms with van der Waals surface area (Å²) < 4.78 is 10.8. The number of hydrogen-bond acceptors (Lipinski definition) is 7. The number of rotatable bonds is 8. The largest absolute Gasteiger partial charge is 1.00 e. The number of carbonyl (C=O) groups excluding carboxylic acids is 2. The van der Waals surface area contributed by atoms with Gasteiger partial charge < -0.3 is 24.3 Å². The van der Waals surface area contributed by atoms with E-state index in [9.17, 15) is 14.7 Å². The smallest absolute Gasteiger partial charge is 0.545 e. The van der Waals surface area contributed by atoms with Crippen LogP contribution in [0.25, 0.3) is 0 Å². The predicted molar refractivity (Wildman–Crippen MR) is 112 cm³/mol. The molecular weight excluding hydrogens is 409 g/mol. The second kappa shape index (κ2) is 12.6. The third-order valence-corrected chi connectivity index (χ3v) is 4.88. The van der Waals surface area contributed by atoms with Crippen LogP contribution in [0.3, 0.4) is 0 Å². The van der Waals surface area contributed by atoms with Crippen LogP contribution in [0.15, 0.2) is 48.5 Å². The number of ether oxygens (including phenoxy) is 2. The molecule has 1 aliphatic heterocycles. The molecule has 1 fully saturated rings. The fraction of sp³-hybridized carbons (Fsp3) is 0.364. The van der Waals surface area contributed by atoms with Gasteiger partial charge in [-0.05, 0) is 36.8 Å². The minimum absolute atomic E-state index is 0. The van der Waals surface area contributed by atoms with E-state index >= 15 is 0 Å². The molecule has 0 aliphatic carbocycles. The van der Waals surface area contributed by atoms with Gasteiger partial charge in [0.1, 0.15) is 12.4 Å². The molecule has 31 heavy (non-hydrogen) atoms. The van der Waals surface area contributed by atoms with Gasteiger partial charge in [-0.1, -0.05) is 24.3 Å². The zero-order valence-corrected chi connectivity index (χ0v) is 20.0. The number of amides is 1. The van der Waals surface area contributed by atoms with Crippen LogP contribution in [-0.4, -0.2) is 62.9 Å². The van der Waals surface area contributed by atoms with Crippen LogP contribution in [0, 0.1) is 0 Å². The molecule has 0 atom stereocenters. The number of para-hydroxylation sites is 2. The van der Waals surface area contributed by atoms with E-state index in [1.54, 1.807) is 24.3 Å². The van der Waals surface area contributed by atoms with Crippen molar-refractivity contribution in [3.8, 4) is 5.75 Å². The SMILES string of the molecule is CCOc1ccccc1NC(=O)OCCN1CCN(c2cccc(C(=O)[O-])c2)CC1.[Na+]. The Labute approximate surface area is 204 Å². The molecule has 9 heteroatoms. The van der Waals surface area contributed by atoms with Crippen molar-refractivity contribution >= 4 is 23.4 Å². The van der Waals surface area contributed by atoms with E-state index in [4.69, 9.17) is 9.47 Å². The Morgan fingerprint density at radius 3 is 2.52 bits per heavy atom. The number of piperazine rings is 1. The summed E-state index contributed by atoms with van der Waals surface area (Å²) >= 11 is 0.